The van der Waals surface area contributed by atoms with Crippen molar-refractivity contribution in [3.63, 3.8) is 0 Å². The molecule has 1 saturated carbocycles. The van der Waals surface area contributed by atoms with E-state index in [0.717, 1.165) is 29.7 Å². The van der Waals surface area contributed by atoms with E-state index in [4.69, 9.17) is 23.2 Å². The van der Waals surface area contributed by atoms with E-state index in [2.05, 4.69) is 17.6 Å². The minimum Gasteiger partial charge on any atom is -0.312 e. The van der Waals surface area contributed by atoms with E-state index < -0.39 is 0 Å². The molecule has 0 aliphatic heterocycles. The Morgan fingerprint density at radius 3 is 2.76 bits per heavy atom. The second-order valence-electron chi connectivity index (χ2n) is 4.70. The summed E-state index contributed by atoms with van der Waals surface area (Å²) in [6.45, 7) is 3.97. The van der Waals surface area contributed by atoms with E-state index >= 15 is 0 Å². The first kappa shape index (κ1) is 13.2. The lowest BCUT2D eigenvalue weighted by atomic mass is 10.2. The number of rotatable bonds is 6. The van der Waals surface area contributed by atoms with Crippen LogP contribution in [-0.2, 0) is 6.54 Å². The van der Waals surface area contributed by atoms with Crippen LogP contribution in [0, 0.1) is 0 Å². The molecule has 0 bridgehead atoms. The van der Waals surface area contributed by atoms with Crippen molar-refractivity contribution in [2.24, 2.45) is 0 Å². The van der Waals surface area contributed by atoms with Gasteiger partial charge in [-0.3, -0.25) is 0 Å². The maximum atomic E-state index is 6.11. The molecule has 0 spiro atoms. The van der Waals surface area contributed by atoms with Gasteiger partial charge in [-0.1, -0.05) is 29.3 Å². The van der Waals surface area contributed by atoms with Gasteiger partial charge in [0, 0.05) is 35.2 Å². The van der Waals surface area contributed by atoms with Gasteiger partial charge in [0.05, 0.1) is 0 Å². The maximum absolute atomic E-state index is 6.11. The smallest absolute Gasteiger partial charge is 0.0465 e. The van der Waals surface area contributed by atoms with Crippen molar-refractivity contribution in [3.8, 4) is 0 Å². The lowest BCUT2D eigenvalue weighted by Gasteiger charge is -2.15. The Balaban J connectivity index is 1.75. The van der Waals surface area contributed by atoms with Crippen LogP contribution in [-0.4, -0.2) is 18.6 Å². The molecule has 2 nitrogen and oxygen atoms in total. The largest absolute Gasteiger partial charge is 0.312 e. The molecule has 0 saturated heterocycles. The summed E-state index contributed by atoms with van der Waals surface area (Å²) in [5.41, 5.74) is 1.09. The molecule has 1 fully saturated rings. The summed E-state index contributed by atoms with van der Waals surface area (Å²) in [5, 5.41) is 8.36. The minimum atomic E-state index is 0.447. The summed E-state index contributed by atoms with van der Waals surface area (Å²) in [6.07, 6.45) is 2.66. The third-order valence-corrected chi connectivity index (χ3v) is 3.53. The second kappa shape index (κ2) is 6.05. The molecule has 0 radical (unpaired) electrons. The lowest BCUT2D eigenvalue weighted by molar-refractivity contribution is 0.500. The highest BCUT2D eigenvalue weighted by atomic mass is 35.5. The van der Waals surface area contributed by atoms with Crippen LogP contribution < -0.4 is 10.6 Å². The number of nitrogens with one attached hydrogen (secondary N) is 2. The Morgan fingerprint density at radius 2 is 2.12 bits per heavy atom. The Hall–Kier alpha value is -0.280. The second-order valence-corrected chi connectivity index (χ2v) is 5.54. The zero-order valence-electron chi connectivity index (χ0n) is 9.97. The molecule has 1 aliphatic rings. The highest BCUT2D eigenvalue weighted by Crippen LogP contribution is 2.21. The van der Waals surface area contributed by atoms with Gasteiger partial charge < -0.3 is 10.6 Å². The van der Waals surface area contributed by atoms with Crippen LogP contribution in [0.15, 0.2) is 18.2 Å². The average molecular weight is 273 g/mol. The number of halogens is 2. The molecule has 0 amide bonds. The zero-order chi connectivity index (χ0) is 12.3. The van der Waals surface area contributed by atoms with Gasteiger partial charge in [0.2, 0.25) is 0 Å². The topological polar surface area (TPSA) is 24.1 Å². The van der Waals surface area contributed by atoms with Crippen molar-refractivity contribution in [1.82, 2.24) is 10.6 Å². The van der Waals surface area contributed by atoms with Crippen LogP contribution in [0.2, 0.25) is 10.0 Å². The standard InChI is InChI=1S/C13H18Cl2N2/c1-9(7-17-12-4-5-12)16-8-10-2-3-11(14)6-13(10)15/h2-3,6,9,12,16-17H,4-5,7-8H2,1H3. The van der Waals surface area contributed by atoms with Crippen LogP contribution in [0.25, 0.3) is 0 Å². The highest BCUT2D eigenvalue weighted by Gasteiger charge is 2.20. The summed E-state index contributed by atoms with van der Waals surface area (Å²) in [6, 6.07) is 6.84. The van der Waals surface area contributed by atoms with Gasteiger partial charge in [-0.05, 0) is 37.5 Å². The van der Waals surface area contributed by atoms with Crippen molar-refractivity contribution >= 4 is 23.2 Å². The molecule has 4 heteroatoms. The predicted molar refractivity (Wildman–Crippen MR) is 73.8 cm³/mol. The van der Waals surface area contributed by atoms with Gasteiger partial charge in [0.1, 0.15) is 0 Å². The maximum Gasteiger partial charge on any atom is 0.0465 e. The van der Waals surface area contributed by atoms with Crippen LogP contribution in [0.4, 0.5) is 0 Å². The molecule has 1 aromatic carbocycles. The summed E-state index contributed by atoms with van der Waals surface area (Å²) in [4.78, 5) is 0. The van der Waals surface area contributed by atoms with E-state index in [0.29, 0.717) is 11.1 Å². The van der Waals surface area contributed by atoms with E-state index in [1.807, 2.05) is 12.1 Å². The van der Waals surface area contributed by atoms with Crippen molar-refractivity contribution in [1.29, 1.82) is 0 Å². The van der Waals surface area contributed by atoms with Crippen molar-refractivity contribution < 1.29 is 0 Å². The monoisotopic (exact) mass is 272 g/mol. The van der Waals surface area contributed by atoms with Gasteiger partial charge in [0.25, 0.3) is 0 Å². The molecule has 1 unspecified atom stereocenters. The van der Waals surface area contributed by atoms with Crippen LogP contribution in [0.5, 0.6) is 0 Å². The van der Waals surface area contributed by atoms with Crippen LogP contribution >= 0.6 is 23.2 Å². The van der Waals surface area contributed by atoms with Gasteiger partial charge >= 0.3 is 0 Å². The fourth-order valence-corrected chi connectivity index (χ4v) is 2.13. The third-order valence-electron chi connectivity index (χ3n) is 2.95. The highest BCUT2D eigenvalue weighted by molar-refractivity contribution is 6.35. The SMILES string of the molecule is CC(CNC1CC1)NCc1ccc(Cl)cc1Cl. The Bertz CT molecular complexity index is 378. The van der Waals surface area contributed by atoms with E-state index in [1.54, 1.807) is 6.07 Å². The molecular formula is C13H18Cl2N2. The minimum absolute atomic E-state index is 0.447. The Labute approximate surface area is 113 Å². The van der Waals surface area contributed by atoms with Gasteiger partial charge in [-0.2, -0.15) is 0 Å². The third kappa shape index (κ3) is 4.47. The number of hydrogen-bond donors (Lipinski definition) is 2. The zero-order valence-corrected chi connectivity index (χ0v) is 11.5. The molecule has 2 N–H and O–H groups in total. The van der Waals surface area contributed by atoms with Crippen molar-refractivity contribution in [2.75, 3.05) is 6.54 Å². The fourth-order valence-electron chi connectivity index (χ4n) is 1.65. The van der Waals surface area contributed by atoms with E-state index in [1.165, 1.54) is 12.8 Å². The average Bonchev–Trinajstić information content (AvgIpc) is 3.09. The summed E-state index contributed by atoms with van der Waals surface area (Å²) < 4.78 is 0. The van der Waals surface area contributed by atoms with Gasteiger partial charge in [-0.15, -0.1) is 0 Å². The molecule has 1 atom stereocenters. The Kier molecular flexibility index (Phi) is 4.69. The first-order valence-corrected chi connectivity index (χ1v) is 6.81. The van der Waals surface area contributed by atoms with Crippen molar-refractivity contribution in [3.05, 3.63) is 33.8 Å². The van der Waals surface area contributed by atoms with E-state index in [-0.39, 0.29) is 0 Å². The first-order valence-electron chi connectivity index (χ1n) is 6.06. The summed E-state index contributed by atoms with van der Waals surface area (Å²) >= 11 is 12.0. The quantitative estimate of drug-likeness (QED) is 0.831. The number of hydrogen-bond acceptors (Lipinski definition) is 2. The first-order chi connectivity index (χ1) is 8.15. The molecule has 1 aliphatic carbocycles. The summed E-state index contributed by atoms with van der Waals surface area (Å²) in [7, 11) is 0. The molecule has 17 heavy (non-hydrogen) atoms. The van der Waals surface area contributed by atoms with Gasteiger partial charge in [-0.25, -0.2) is 0 Å². The molecule has 0 heterocycles. The normalized spacial score (nSPS) is 17.1. The summed E-state index contributed by atoms with van der Waals surface area (Å²) in [5.74, 6) is 0. The predicted octanol–water partition coefficient (Wildman–Crippen LogP) is 3.22. The van der Waals surface area contributed by atoms with Gasteiger partial charge in [0.15, 0.2) is 0 Å². The number of benzene rings is 1. The molecule has 0 aromatic heterocycles. The lowest BCUT2D eigenvalue weighted by Crippen LogP contribution is -2.36. The van der Waals surface area contributed by atoms with Crippen LogP contribution in [0.1, 0.15) is 25.3 Å². The van der Waals surface area contributed by atoms with Crippen molar-refractivity contribution in [2.45, 2.75) is 38.4 Å². The molecule has 94 valence electrons. The molecule has 2 rings (SSSR count). The van der Waals surface area contributed by atoms with E-state index in [9.17, 15) is 0 Å². The van der Waals surface area contributed by atoms with Crippen LogP contribution in [0.3, 0.4) is 0 Å². The fraction of sp³-hybridized carbons (Fsp3) is 0.538. The molecule has 1 aromatic rings. The molecular weight excluding hydrogens is 255 g/mol. The Morgan fingerprint density at radius 1 is 1.35 bits per heavy atom.